The molecule has 0 atom stereocenters. The molecule has 6 heteroatoms. The second-order valence-corrected chi connectivity index (χ2v) is 8.23. The number of benzene rings is 1. The van der Waals surface area contributed by atoms with Gasteiger partial charge in [0, 0.05) is 32.4 Å². The predicted octanol–water partition coefficient (Wildman–Crippen LogP) is 3.88. The third-order valence-corrected chi connectivity index (χ3v) is 5.68. The minimum Gasteiger partial charge on any atom is -0.337 e. The average molecular weight is 392 g/mol. The maximum atomic E-state index is 13.0. The van der Waals surface area contributed by atoms with Gasteiger partial charge in [-0.25, -0.2) is 9.97 Å². The van der Waals surface area contributed by atoms with Crippen molar-refractivity contribution in [2.24, 2.45) is 0 Å². The standard InChI is InChI=1S/C23H29N5O/c1-17(2)28-16-25-21-12-20(13-24-22(21)28)23(29)26(3)14-18-8-4-5-9-19(18)15-27-10-6-7-11-27/h4-5,8-9,12-13,16-17H,6-7,10-11,14-15H2,1-3H3. The van der Waals surface area contributed by atoms with E-state index in [0.717, 1.165) is 30.8 Å². The summed E-state index contributed by atoms with van der Waals surface area (Å²) in [6.45, 7) is 8.06. The van der Waals surface area contributed by atoms with Gasteiger partial charge in [0.15, 0.2) is 5.65 Å². The molecule has 6 nitrogen and oxygen atoms in total. The van der Waals surface area contributed by atoms with Crippen molar-refractivity contribution >= 4 is 17.1 Å². The first-order valence-electron chi connectivity index (χ1n) is 10.4. The fourth-order valence-electron chi connectivity index (χ4n) is 4.01. The van der Waals surface area contributed by atoms with Gasteiger partial charge in [0.2, 0.25) is 0 Å². The van der Waals surface area contributed by atoms with E-state index in [1.807, 2.05) is 23.7 Å². The molecule has 1 aliphatic heterocycles. The molecule has 0 radical (unpaired) electrons. The van der Waals surface area contributed by atoms with E-state index in [4.69, 9.17) is 0 Å². The van der Waals surface area contributed by atoms with Crippen LogP contribution in [-0.4, -0.2) is 50.4 Å². The van der Waals surface area contributed by atoms with Crippen molar-refractivity contribution in [3.63, 3.8) is 0 Å². The molecular formula is C23H29N5O. The van der Waals surface area contributed by atoms with E-state index in [-0.39, 0.29) is 11.9 Å². The highest BCUT2D eigenvalue weighted by Crippen LogP contribution is 2.20. The molecule has 0 N–H and O–H groups in total. The summed E-state index contributed by atoms with van der Waals surface area (Å²) in [6, 6.07) is 10.6. The van der Waals surface area contributed by atoms with Crippen molar-refractivity contribution in [1.29, 1.82) is 0 Å². The Kier molecular flexibility index (Phi) is 5.62. The Bertz CT molecular complexity index is 1000. The maximum absolute atomic E-state index is 13.0. The highest BCUT2D eigenvalue weighted by atomic mass is 16.2. The molecule has 3 heterocycles. The van der Waals surface area contributed by atoms with Crippen LogP contribution in [0.4, 0.5) is 0 Å². The minimum atomic E-state index is -0.0329. The molecular weight excluding hydrogens is 362 g/mol. The summed E-state index contributed by atoms with van der Waals surface area (Å²) in [6.07, 6.45) is 6.01. The third kappa shape index (κ3) is 4.17. The number of fused-ring (bicyclic) bond motifs is 1. The first-order chi connectivity index (χ1) is 14.0. The second-order valence-electron chi connectivity index (χ2n) is 8.23. The Balaban J connectivity index is 1.51. The molecule has 2 aromatic heterocycles. The van der Waals surface area contributed by atoms with Gasteiger partial charge >= 0.3 is 0 Å². The largest absolute Gasteiger partial charge is 0.337 e. The van der Waals surface area contributed by atoms with Gasteiger partial charge in [0.05, 0.1) is 11.9 Å². The van der Waals surface area contributed by atoms with Crippen LogP contribution in [0.2, 0.25) is 0 Å². The van der Waals surface area contributed by atoms with Crippen LogP contribution in [0.5, 0.6) is 0 Å². The molecule has 1 fully saturated rings. The molecule has 1 amide bonds. The first-order valence-corrected chi connectivity index (χ1v) is 10.4. The maximum Gasteiger partial charge on any atom is 0.255 e. The number of likely N-dealkylation sites (tertiary alicyclic amines) is 1. The molecule has 1 aliphatic rings. The lowest BCUT2D eigenvalue weighted by Crippen LogP contribution is -2.27. The van der Waals surface area contributed by atoms with Crippen molar-refractivity contribution in [1.82, 2.24) is 24.3 Å². The van der Waals surface area contributed by atoms with Crippen molar-refractivity contribution in [2.75, 3.05) is 20.1 Å². The van der Waals surface area contributed by atoms with Gasteiger partial charge in [-0.2, -0.15) is 0 Å². The Labute approximate surface area is 172 Å². The number of nitrogens with zero attached hydrogens (tertiary/aromatic N) is 5. The molecule has 0 bridgehead atoms. The van der Waals surface area contributed by atoms with E-state index in [9.17, 15) is 4.79 Å². The van der Waals surface area contributed by atoms with E-state index >= 15 is 0 Å². The molecule has 0 unspecified atom stereocenters. The van der Waals surface area contributed by atoms with Crippen LogP contribution in [0.15, 0.2) is 42.9 Å². The molecule has 0 spiro atoms. The summed E-state index contributed by atoms with van der Waals surface area (Å²) in [4.78, 5) is 26.2. The van der Waals surface area contributed by atoms with Crippen LogP contribution < -0.4 is 0 Å². The fourth-order valence-corrected chi connectivity index (χ4v) is 4.01. The van der Waals surface area contributed by atoms with Crippen LogP contribution in [0.25, 0.3) is 11.2 Å². The van der Waals surface area contributed by atoms with Crippen molar-refractivity contribution in [2.45, 2.75) is 45.8 Å². The molecule has 1 aromatic carbocycles. The number of imidazole rings is 1. The number of carbonyl (C=O) groups is 1. The third-order valence-electron chi connectivity index (χ3n) is 5.68. The number of carbonyl (C=O) groups excluding carboxylic acids is 1. The summed E-state index contributed by atoms with van der Waals surface area (Å²) in [5, 5.41) is 0. The van der Waals surface area contributed by atoms with Crippen molar-refractivity contribution in [3.8, 4) is 0 Å². The highest BCUT2D eigenvalue weighted by molar-refractivity contribution is 5.96. The molecule has 152 valence electrons. The van der Waals surface area contributed by atoms with Gasteiger partial charge in [0.25, 0.3) is 5.91 Å². The summed E-state index contributed by atoms with van der Waals surface area (Å²) >= 11 is 0. The summed E-state index contributed by atoms with van der Waals surface area (Å²) < 4.78 is 2.02. The zero-order valence-corrected chi connectivity index (χ0v) is 17.5. The number of hydrogen-bond donors (Lipinski definition) is 0. The van der Waals surface area contributed by atoms with Crippen LogP contribution in [0.3, 0.4) is 0 Å². The molecule has 0 saturated carbocycles. The van der Waals surface area contributed by atoms with Gasteiger partial charge in [-0.15, -0.1) is 0 Å². The predicted molar refractivity (Wildman–Crippen MR) is 115 cm³/mol. The first kappa shape index (κ1) is 19.6. The topological polar surface area (TPSA) is 54.3 Å². The Morgan fingerprint density at radius 3 is 2.59 bits per heavy atom. The quantitative estimate of drug-likeness (QED) is 0.640. The summed E-state index contributed by atoms with van der Waals surface area (Å²) in [7, 11) is 1.85. The zero-order chi connectivity index (χ0) is 20.4. The van der Waals surface area contributed by atoms with Crippen LogP contribution >= 0.6 is 0 Å². The van der Waals surface area contributed by atoms with Crippen LogP contribution in [0, 0.1) is 0 Å². The van der Waals surface area contributed by atoms with Gasteiger partial charge < -0.3 is 9.47 Å². The second kappa shape index (κ2) is 8.33. The zero-order valence-electron chi connectivity index (χ0n) is 17.5. The smallest absolute Gasteiger partial charge is 0.255 e. The van der Waals surface area contributed by atoms with E-state index < -0.39 is 0 Å². The van der Waals surface area contributed by atoms with Crippen molar-refractivity contribution < 1.29 is 4.79 Å². The lowest BCUT2D eigenvalue weighted by atomic mass is 10.1. The van der Waals surface area contributed by atoms with E-state index in [1.165, 1.54) is 24.0 Å². The molecule has 1 saturated heterocycles. The number of rotatable bonds is 6. The lowest BCUT2D eigenvalue weighted by Gasteiger charge is -2.22. The molecule has 4 rings (SSSR count). The van der Waals surface area contributed by atoms with E-state index in [0.29, 0.717) is 12.1 Å². The SMILES string of the molecule is CC(C)n1cnc2cc(C(=O)N(C)Cc3ccccc3CN3CCCC3)cnc21. The number of hydrogen-bond acceptors (Lipinski definition) is 4. The van der Waals surface area contributed by atoms with Gasteiger partial charge in [-0.3, -0.25) is 9.69 Å². The van der Waals surface area contributed by atoms with Crippen LogP contribution in [0.1, 0.15) is 54.2 Å². The van der Waals surface area contributed by atoms with Gasteiger partial charge in [-0.1, -0.05) is 24.3 Å². The Morgan fingerprint density at radius 2 is 1.86 bits per heavy atom. The Hall–Kier alpha value is -2.73. The number of amides is 1. The minimum absolute atomic E-state index is 0.0329. The molecule has 29 heavy (non-hydrogen) atoms. The van der Waals surface area contributed by atoms with E-state index in [2.05, 4.69) is 46.9 Å². The highest BCUT2D eigenvalue weighted by Gasteiger charge is 2.18. The fraction of sp³-hybridized carbons (Fsp3) is 0.435. The molecule has 3 aromatic rings. The van der Waals surface area contributed by atoms with Gasteiger partial charge in [0.1, 0.15) is 5.52 Å². The van der Waals surface area contributed by atoms with Crippen molar-refractivity contribution in [3.05, 3.63) is 59.5 Å². The average Bonchev–Trinajstić information content (AvgIpc) is 3.37. The molecule has 0 aliphatic carbocycles. The van der Waals surface area contributed by atoms with Crippen LogP contribution in [-0.2, 0) is 13.1 Å². The van der Waals surface area contributed by atoms with Gasteiger partial charge in [-0.05, 0) is 57.0 Å². The number of aromatic nitrogens is 3. The monoisotopic (exact) mass is 391 g/mol. The summed E-state index contributed by atoms with van der Waals surface area (Å²) in [5.41, 5.74) is 4.65. The number of pyridine rings is 1. The van der Waals surface area contributed by atoms with E-state index in [1.54, 1.807) is 17.4 Å². The lowest BCUT2D eigenvalue weighted by molar-refractivity contribution is 0.0784. The Morgan fingerprint density at radius 1 is 1.14 bits per heavy atom. The normalized spacial score (nSPS) is 14.8. The summed E-state index contributed by atoms with van der Waals surface area (Å²) in [5.74, 6) is -0.0329.